The molecule has 0 fully saturated rings. The number of benzene rings is 1. The number of rotatable bonds is 6. The number of nitrogens with one attached hydrogen (secondary N) is 2. The fraction of sp³-hybridized carbons (Fsp3) is 0.0588. The minimum Gasteiger partial charge on any atom is -0.480 e. The molecule has 2 heterocycles. The van der Waals surface area contributed by atoms with Crippen LogP contribution in [0.4, 0.5) is 26.2 Å². The highest BCUT2D eigenvalue weighted by molar-refractivity contribution is 5.72. The monoisotopic (exact) mass is 357 g/mol. The standard InChI is InChI=1S/C17H13F2N5O2/c18-10-4-3-5-11(19)16(10)23-14-8-13(12-6-1-2-7-20-12)22-17(24-14)21-9-15(25)26/h1-8H,9H2,(H,25,26)(H2,21,22,23,24). The molecular weight excluding hydrogens is 344 g/mol. The number of pyridine rings is 1. The summed E-state index contributed by atoms with van der Waals surface area (Å²) in [6.45, 7) is -0.417. The van der Waals surface area contributed by atoms with Gasteiger partial charge < -0.3 is 15.7 Å². The Bertz CT molecular complexity index is 917. The number of halogens is 2. The van der Waals surface area contributed by atoms with E-state index in [-0.39, 0.29) is 17.5 Å². The lowest BCUT2D eigenvalue weighted by atomic mass is 10.2. The number of para-hydroxylation sites is 1. The first-order chi connectivity index (χ1) is 12.5. The molecule has 26 heavy (non-hydrogen) atoms. The Morgan fingerprint density at radius 3 is 2.46 bits per heavy atom. The van der Waals surface area contributed by atoms with E-state index in [2.05, 4.69) is 25.6 Å². The molecule has 3 rings (SSSR count). The number of hydrogen-bond donors (Lipinski definition) is 3. The van der Waals surface area contributed by atoms with Crippen LogP contribution < -0.4 is 10.6 Å². The highest BCUT2D eigenvalue weighted by Crippen LogP contribution is 2.25. The number of anilines is 3. The summed E-state index contributed by atoms with van der Waals surface area (Å²) in [6.07, 6.45) is 1.56. The summed E-state index contributed by atoms with van der Waals surface area (Å²) >= 11 is 0. The number of hydrogen-bond acceptors (Lipinski definition) is 6. The van der Waals surface area contributed by atoms with Crippen LogP contribution in [0.15, 0.2) is 48.7 Å². The molecule has 0 unspecified atom stereocenters. The average molecular weight is 357 g/mol. The van der Waals surface area contributed by atoms with Gasteiger partial charge >= 0.3 is 5.97 Å². The van der Waals surface area contributed by atoms with Gasteiger partial charge in [0.15, 0.2) is 0 Å². The summed E-state index contributed by atoms with van der Waals surface area (Å²) in [4.78, 5) is 23.1. The van der Waals surface area contributed by atoms with Crippen molar-refractivity contribution in [1.29, 1.82) is 0 Å². The average Bonchev–Trinajstić information content (AvgIpc) is 2.64. The second-order valence-electron chi connectivity index (χ2n) is 5.15. The maximum absolute atomic E-state index is 13.9. The fourth-order valence-electron chi connectivity index (χ4n) is 2.14. The van der Waals surface area contributed by atoms with E-state index in [1.165, 1.54) is 12.1 Å². The van der Waals surface area contributed by atoms with E-state index in [1.807, 2.05) is 0 Å². The van der Waals surface area contributed by atoms with Crippen LogP contribution in [-0.2, 0) is 4.79 Å². The quantitative estimate of drug-likeness (QED) is 0.623. The van der Waals surface area contributed by atoms with Crippen molar-refractivity contribution in [2.75, 3.05) is 17.2 Å². The smallest absolute Gasteiger partial charge is 0.322 e. The predicted molar refractivity (Wildman–Crippen MR) is 91.0 cm³/mol. The predicted octanol–water partition coefficient (Wildman–Crippen LogP) is 3.06. The van der Waals surface area contributed by atoms with Crippen molar-refractivity contribution in [1.82, 2.24) is 15.0 Å². The molecule has 0 bridgehead atoms. The maximum atomic E-state index is 13.9. The number of carboxylic acids is 1. The highest BCUT2D eigenvalue weighted by Gasteiger charge is 2.13. The van der Waals surface area contributed by atoms with Crippen molar-refractivity contribution in [3.8, 4) is 11.4 Å². The molecule has 0 amide bonds. The molecule has 0 saturated heterocycles. The second-order valence-corrected chi connectivity index (χ2v) is 5.15. The first-order valence-corrected chi connectivity index (χ1v) is 7.50. The molecule has 1 aromatic carbocycles. The molecule has 0 spiro atoms. The Morgan fingerprint density at radius 2 is 1.81 bits per heavy atom. The third-order valence-electron chi connectivity index (χ3n) is 3.27. The molecular formula is C17H13F2N5O2. The molecule has 2 aromatic heterocycles. The maximum Gasteiger partial charge on any atom is 0.322 e. The highest BCUT2D eigenvalue weighted by atomic mass is 19.1. The summed E-state index contributed by atoms with van der Waals surface area (Å²) in [5.41, 5.74) is 0.473. The Kier molecular flexibility index (Phi) is 4.97. The van der Waals surface area contributed by atoms with Crippen LogP contribution in [-0.4, -0.2) is 32.6 Å². The molecule has 0 saturated carbocycles. The minimum atomic E-state index is -1.11. The SMILES string of the molecule is O=C(O)CNc1nc(Nc2c(F)cccc2F)cc(-c2ccccn2)n1. The lowest BCUT2D eigenvalue weighted by molar-refractivity contribution is -0.134. The summed E-state index contributed by atoms with van der Waals surface area (Å²) in [6, 6.07) is 10.1. The molecule has 3 aromatic rings. The first-order valence-electron chi connectivity index (χ1n) is 7.50. The van der Waals surface area contributed by atoms with Crippen LogP contribution in [0, 0.1) is 11.6 Å². The van der Waals surface area contributed by atoms with Gasteiger partial charge in [-0.1, -0.05) is 12.1 Å². The Balaban J connectivity index is 2.00. The number of aromatic nitrogens is 3. The van der Waals surface area contributed by atoms with Crippen molar-refractivity contribution in [3.63, 3.8) is 0 Å². The number of nitrogens with zero attached hydrogens (tertiary/aromatic N) is 3. The normalized spacial score (nSPS) is 10.4. The Morgan fingerprint density at radius 1 is 1.04 bits per heavy atom. The number of aliphatic carboxylic acids is 1. The van der Waals surface area contributed by atoms with Gasteiger partial charge in [0.05, 0.1) is 11.4 Å². The lowest BCUT2D eigenvalue weighted by Crippen LogP contribution is -2.15. The van der Waals surface area contributed by atoms with E-state index < -0.39 is 24.1 Å². The van der Waals surface area contributed by atoms with Crippen LogP contribution in [0.2, 0.25) is 0 Å². The van der Waals surface area contributed by atoms with E-state index >= 15 is 0 Å². The molecule has 0 aliphatic rings. The third kappa shape index (κ3) is 4.07. The molecule has 0 aliphatic heterocycles. The van der Waals surface area contributed by atoms with Gasteiger partial charge in [0, 0.05) is 12.3 Å². The van der Waals surface area contributed by atoms with Crippen LogP contribution in [0.3, 0.4) is 0 Å². The zero-order valence-corrected chi connectivity index (χ0v) is 13.3. The van der Waals surface area contributed by atoms with Gasteiger partial charge in [0.1, 0.15) is 29.7 Å². The second kappa shape index (κ2) is 7.51. The van der Waals surface area contributed by atoms with Gasteiger partial charge in [0.2, 0.25) is 5.95 Å². The largest absolute Gasteiger partial charge is 0.480 e. The molecule has 132 valence electrons. The van der Waals surface area contributed by atoms with Gasteiger partial charge in [-0.2, -0.15) is 4.98 Å². The van der Waals surface area contributed by atoms with Gasteiger partial charge in [-0.05, 0) is 24.3 Å². The summed E-state index contributed by atoms with van der Waals surface area (Å²) in [7, 11) is 0. The molecule has 0 radical (unpaired) electrons. The summed E-state index contributed by atoms with van der Waals surface area (Å²) in [5.74, 6) is -2.62. The third-order valence-corrected chi connectivity index (χ3v) is 3.27. The minimum absolute atomic E-state index is 0.0187. The van der Waals surface area contributed by atoms with Crippen molar-refractivity contribution in [2.45, 2.75) is 0 Å². The van der Waals surface area contributed by atoms with Gasteiger partial charge in [0.25, 0.3) is 0 Å². The van der Waals surface area contributed by atoms with Crippen LogP contribution in [0.5, 0.6) is 0 Å². The molecule has 3 N–H and O–H groups in total. The van der Waals surface area contributed by atoms with E-state index in [0.29, 0.717) is 11.4 Å². The number of carbonyl (C=O) groups is 1. The fourth-order valence-corrected chi connectivity index (χ4v) is 2.14. The van der Waals surface area contributed by atoms with Crippen molar-refractivity contribution >= 4 is 23.4 Å². The van der Waals surface area contributed by atoms with E-state index in [0.717, 1.165) is 12.1 Å². The van der Waals surface area contributed by atoms with E-state index in [9.17, 15) is 13.6 Å². The molecule has 7 nitrogen and oxygen atoms in total. The van der Waals surface area contributed by atoms with Gasteiger partial charge in [-0.25, -0.2) is 13.8 Å². The Labute approximate surface area is 146 Å². The molecule has 0 atom stereocenters. The van der Waals surface area contributed by atoms with Crippen molar-refractivity contribution < 1.29 is 18.7 Å². The number of carboxylic acid groups (broad SMARTS) is 1. The first kappa shape index (κ1) is 17.2. The summed E-state index contributed by atoms with van der Waals surface area (Å²) < 4.78 is 27.7. The van der Waals surface area contributed by atoms with E-state index in [1.54, 1.807) is 24.4 Å². The zero-order valence-electron chi connectivity index (χ0n) is 13.3. The van der Waals surface area contributed by atoms with Crippen LogP contribution in [0.25, 0.3) is 11.4 Å². The summed E-state index contributed by atoms with van der Waals surface area (Å²) in [5, 5.41) is 13.9. The van der Waals surface area contributed by atoms with Crippen molar-refractivity contribution in [2.24, 2.45) is 0 Å². The Hall–Kier alpha value is -3.62. The van der Waals surface area contributed by atoms with E-state index in [4.69, 9.17) is 5.11 Å². The zero-order chi connectivity index (χ0) is 18.5. The van der Waals surface area contributed by atoms with Gasteiger partial charge in [-0.15, -0.1) is 0 Å². The topological polar surface area (TPSA) is 100 Å². The lowest BCUT2D eigenvalue weighted by Gasteiger charge is -2.11. The van der Waals surface area contributed by atoms with Crippen LogP contribution in [0.1, 0.15) is 0 Å². The van der Waals surface area contributed by atoms with Crippen molar-refractivity contribution in [3.05, 3.63) is 60.3 Å². The molecule has 0 aliphatic carbocycles. The van der Waals surface area contributed by atoms with Gasteiger partial charge in [-0.3, -0.25) is 9.78 Å². The van der Waals surface area contributed by atoms with Crippen LogP contribution >= 0.6 is 0 Å². The molecule has 9 heteroatoms.